The van der Waals surface area contributed by atoms with E-state index in [-0.39, 0.29) is 34.0 Å². The molecule has 2 fully saturated rings. The summed E-state index contributed by atoms with van der Waals surface area (Å²) < 4.78 is 36.0. The molecule has 0 radical (unpaired) electrons. The molecule has 178 valence electrons. The van der Waals surface area contributed by atoms with E-state index < -0.39 is 56.5 Å². The molecule has 1 saturated carbocycles. The molecule has 2 amide bonds. The fourth-order valence-corrected chi connectivity index (χ4v) is 6.08. The predicted octanol–water partition coefficient (Wildman–Crippen LogP) is -0.311. The Balaban J connectivity index is 1.53. The fourth-order valence-electron chi connectivity index (χ4n) is 3.21. The SMILES string of the molecule is Nc1nc(/C(=N/OC2CC2)C(=O)NC2C(=O)N3C(C(=O)O)=C(CS(=O)(=O)CF)CS[C@H]23)cs1. The number of carboxylic acids is 1. The van der Waals surface area contributed by atoms with Crippen LogP contribution in [0.2, 0.25) is 0 Å². The number of alkyl halides is 1. The summed E-state index contributed by atoms with van der Waals surface area (Å²) in [6.45, 7) is 0. The molecule has 33 heavy (non-hydrogen) atoms. The van der Waals surface area contributed by atoms with Crippen molar-refractivity contribution in [2.75, 3.05) is 23.2 Å². The number of carboxylic acid groups (broad SMARTS) is 1. The van der Waals surface area contributed by atoms with E-state index in [1.54, 1.807) is 0 Å². The van der Waals surface area contributed by atoms with Crippen molar-refractivity contribution in [1.82, 2.24) is 15.2 Å². The number of sulfone groups is 1. The van der Waals surface area contributed by atoms with Gasteiger partial charge in [0, 0.05) is 11.1 Å². The van der Waals surface area contributed by atoms with Gasteiger partial charge in [0.15, 0.2) is 26.7 Å². The maximum absolute atomic E-state index is 12.9. The van der Waals surface area contributed by atoms with Crippen LogP contribution in [-0.4, -0.2) is 81.9 Å². The van der Waals surface area contributed by atoms with E-state index in [9.17, 15) is 32.3 Å². The summed E-state index contributed by atoms with van der Waals surface area (Å²) in [4.78, 5) is 47.6. The van der Waals surface area contributed by atoms with Crippen LogP contribution >= 0.6 is 23.1 Å². The number of thioether (sulfide) groups is 1. The monoisotopic (exact) mass is 519 g/mol. The summed E-state index contributed by atoms with van der Waals surface area (Å²) in [5.41, 5.74) is 5.03. The average Bonchev–Trinajstić information content (AvgIpc) is 3.50. The minimum absolute atomic E-state index is 0.0595. The highest BCUT2D eigenvalue weighted by Gasteiger charge is 2.54. The van der Waals surface area contributed by atoms with E-state index in [1.165, 1.54) is 5.38 Å². The van der Waals surface area contributed by atoms with Gasteiger partial charge < -0.3 is 21.0 Å². The number of β-lactam (4-membered cyclic amide) rings is 1. The number of hydrogen-bond acceptors (Lipinski definition) is 11. The summed E-state index contributed by atoms with van der Waals surface area (Å²) in [5, 5.41) is 16.9. The average molecular weight is 520 g/mol. The smallest absolute Gasteiger partial charge is 0.352 e. The van der Waals surface area contributed by atoms with Crippen molar-refractivity contribution < 1.29 is 37.1 Å². The van der Waals surface area contributed by atoms with Crippen LogP contribution in [0.4, 0.5) is 9.52 Å². The van der Waals surface area contributed by atoms with Crippen molar-refractivity contribution in [1.29, 1.82) is 0 Å². The van der Waals surface area contributed by atoms with Crippen LogP contribution in [0.15, 0.2) is 21.8 Å². The lowest BCUT2D eigenvalue weighted by Gasteiger charge is -2.49. The highest BCUT2D eigenvalue weighted by Crippen LogP contribution is 2.40. The number of oxime groups is 1. The van der Waals surface area contributed by atoms with Crippen molar-refractivity contribution in [2.45, 2.75) is 30.4 Å². The van der Waals surface area contributed by atoms with E-state index in [4.69, 9.17) is 10.6 Å². The quantitative estimate of drug-likeness (QED) is 0.222. The van der Waals surface area contributed by atoms with Crippen LogP contribution in [0.5, 0.6) is 0 Å². The van der Waals surface area contributed by atoms with Crippen LogP contribution in [0.25, 0.3) is 0 Å². The standard InChI is InChI=1S/C17H18FN5O7S3/c18-6-33(28,29)5-7-3-31-15-11(14(25)23(15)12(7)16(26)27)21-13(24)10(22-30-8-1-2-8)9-4-32-17(19)20-9/h4,8,11,15H,1-3,5-6H2,(H2,19,20)(H,21,24)(H,26,27)/b22-10-/t11?,15-/m1/s1. The Labute approximate surface area is 194 Å². The van der Waals surface area contributed by atoms with E-state index >= 15 is 0 Å². The summed E-state index contributed by atoms with van der Waals surface area (Å²) >= 11 is 2.16. The van der Waals surface area contributed by atoms with Gasteiger partial charge in [-0.15, -0.1) is 23.1 Å². The molecule has 12 nitrogen and oxygen atoms in total. The molecular formula is C17H18FN5O7S3. The summed E-state index contributed by atoms with van der Waals surface area (Å²) in [6, 6.07) is -2.73. The number of fused-ring (bicyclic) bond motifs is 1. The van der Waals surface area contributed by atoms with Gasteiger partial charge in [-0.2, -0.15) is 0 Å². The minimum atomic E-state index is -4.16. The lowest BCUT2D eigenvalue weighted by molar-refractivity contribution is -0.150. The summed E-state index contributed by atoms with van der Waals surface area (Å²) in [5.74, 6) is -3.89. The zero-order chi connectivity index (χ0) is 23.9. The van der Waals surface area contributed by atoms with Crippen molar-refractivity contribution in [3.8, 4) is 0 Å². The number of halogens is 1. The van der Waals surface area contributed by atoms with Gasteiger partial charge in [0.2, 0.25) is 0 Å². The van der Waals surface area contributed by atoms with E-state index in [2.05, 4.69) is 15.5 Å². The summed E-state index contributed by atoms with van der Waals surface area (Å²) in [6.07, 6.45) is 1.51. The molecule has 1 aromatic rings. The number of aromatic nitrogens is 1. The van der Waals surface area contributed by atoms with Crippen LogP contribution in [0, 0.1) is 0 Å². The van der Waals surface area contributed by atoms with Gasteiger partial charge in [-0.1, -0.05) is 5.16 Å². The molecule has 0 aromatic carbocycles. The summed E-state index contributed by atoms with van der Waals surface area (Å²) in [7, 11) is -4.16. The van der Waals surface area contributed by atoms with Gasteiger partial charge in [-0.3, -0.25) is 14.5 Å². The molecule has 16 heteroatoms. The Morgan fingerprint density at radius 3 is 2.73 bits per heavy atom. The van der Waals surface area contributed by atoms with Gasteiger partial charge in [0.25, 0.3) is 11.8 Å². The number of hydrogen-bond donors (Lipinski definition) is 3. The third kappa shape index (κ3) is 4.81. The molecule has 2 aliphatic heterocycles. The van der Waals surface area contributed by atoms with Gasteiger partial charge in [0.1, 0.15) is 28.9 Å². The van der Waals surface area contributed by atoms with Crippen molar-refractivity contribution in [3.05, 3.63) is 22.3 Å². The lowest BCUT2D eigenvalue weighted by Crippen LogP contribution is -2.71. The van der Waals surface area contributed by atoms with Gasteiger partial charge in [-0.25, -0.2) is 22.6 Å². The molecule has 3 heterocycles. The third-order valence-corrected chi connectivity index (χ3v) is 8.03. The Morgan fingerprint density at radius 2 is 2.15 bits per heavy atom. The molecule has 0 bridgehead atoms. The first kappa shape index (κ1) is 23.4. The largest absolute Gasteiger partial charge is 0.477 e. The van der Waals surface area contributed by atoms with Gasteiger partial charge in [0.05, 0.1) is 5.75 Å². The number of carbonyl (C=O) groups is 3. The molecule has 1 aliphatic carbocycles. The van der Waals surface area contributed by atoms with Crippen LogP contribution < -0.4 is 11.1 Å². The fraction of sp³-hybridized carbons (Fsp3) is 0.471. The molecule has 1 unspecified atom stereocenters. The van der Waals surface area contributed by atoms with Crippen molar-refractivity contribution in [2.24, 2.45) is 5.16 Å². The maximum Gasteiger partial charge on any atom is 0.352 e. The molecule has 3 aliphatic rings. The number of rotatable bonds is 9. The normalized spacial score (nSPS) is 23.1. The van der Waals surface area contributed by atoms with E-state index in [1.807, 2.05) is 0 Å². The Morgan fingerprint density at radius 1 is 1.42 bits per heavy atom. The Kier molecular flexibility index (Phi) is 6.32. The highest BCUT2D eigenvalue weighted by atomic mass is 32.2. The predicted molar refractivity (Wildman–Crippen MR) is 117 cm³/mol. The molecule has 2 atom stereocenters. The number of nitrogens with two attached hydrogens (primary N) is 1. The molecule has 4 rings (SSSR count). The molecule has 1 aromatic heterocycles. The number of aliphatic carboxylic acids is 1. The van der Waals surface area contributed by atoms with Crippen LogP contribution in [0.3, 0.4) is 0 Å². The number of carbonyl (C=O) groups excluding carboxylic acids is 2. The van der Waals surface area contributed by atoms with Gasteiger partial charge in [-0.05, 0) is 18.4 Å². The first-order chi connectivity index (χ1) is 15.6. The number of thiazole rings is 1. The zero-order valence-electron chi connectivity index (χ0n) is 16.8. The second-order valence-corrected chi connectivity index (χ2v) is 11.4. The van der Waals surface area contributed by atoms with Crippen LogP contribution in [-0.2, 0) is 29.1 Å². The number of amides is 2. The topological polar surface area (TPSA) is 181 Å². The number of nitrogen functional groups attached to an aromatic ring is 1. The van der Waals surface area contributed by atoms with Crippen molar-refractivity contribution >= 4 is 61.6 Å². The molecule has 0 spiro atoms. The van der Waals surface area contributed by atoms with Crippen LogP contribution in [0.1, 0.15) is 18.5 Å². The molecule has 4 N–H and O–H groups in total. The van der Waals surface area contributed by atoms with E-state index in [0.717, 1.165) is 40.8 Å². The Bertz CT molecular complexity index is 1180. The maximum atomic E-state index is 12.9. The highest BCUT2D eigenvalue weighted by molar-refractivity contribution is 8.00. The first-order valence-corrected chi connectivity index (χ1v) is 13.3. The second-order valence-electron chi connectivity index (χ2n) is 7.43. The van der Waals surface area contributed by atoms with Gasteiger partial charge >= 0.3 is 5.97 Å². The van der Waals surface area contributed by atoms with E-state index in [0.29, 0.717) is 0 Å². The number of nitrogens with one attached hydrogen (secondary N) is 1. The zero-order valence-corrected chi connectivity index (χ0v) is 19.2. The Hall–Kier alpha value is -2.72. The molecular weight excluding hydrogens is 501 g/mol. The number of anilines is 1. The van der Waals surface area contributed by atoms with Crippen molar-refractivity contribution in [3.63, 3.8) is 0 Å². The number of nitrogens with zero attached hydrogens (tertiary/aromatic N) is 3. The second kappa shape index (κ2) is 8.90. The minimum Gasteiger partial charge on any atom is -0.477 e. The third-order valence-electron chi connectivity index (χ3n) is 4.89. The lowest BCUT2D eigenvalue weighted by atomic mass is 10.0. The molecule has 1 saturated heterocycles. The first-order valence-electron chi connectivity index (χ1n) is 9.53.